The van der Waals surface area contributed by atoms with E-state index in [9.17, 15) is 14.4 Å². The van der Waals surface area contributed by atoms with Crippen LogP contribution in [0.3, 0.4) is 0 Å². The summed E-state index contributed by atoms with van der Waals surface area (Å²) in [6.07, 6.45) is 0.447. The summed E-state index contributed by atoms with van der Waals surface area (Å²) < 4.78 is 11.1. The topological polar surface area (TPSA) is 79.4 Å². The fourth-order valence-corrected chi connectivity index (χ4v) is 3.61. The van der Waals surface area contributed by atoms with Gasteiger partial charge in [-0.05, 0) is 25.5 Å². The van der Waals surface area contributed by atoms with E-state index in [4.69, 9.17) is 9.47 Å². The Kier molecular flexibility index (Phi) is 4.18. The Morgan fingerprint density at radius 2 is 1.96 bits per heavy atom. The molecule has 0 aromatic heterocycles. The molecule has 3 aliphatic rings. The van der Waals surface area contributed by atoms with Gasteiger partial charge in [0.05, 0.1) is 6.67 Å². The summed E-state index contributed by atoms with van der Waals surface area (Å²) in [7, 11) is 0. The van der Waals surface area contributed by atoms with Gasteiger partial charge in [-0.2, -0.15) is 0 Å². The zero-order chi connectivity index (χ0) is 18.3. The van der Waals surface area contributed by atoms with E-state index in [1.165, 1.54) is 4.90 Å². The highest BCUT2D eigenvalue weighted by atomic mass is 16.6. The third-order valence-corrected chi connectivity index (χ3v) is 5.05. The van der Waals surface area contributed by atoms with Crippen molar-refractivity contribution in [2.45, 2.75) is 13.3 Å². The summed E-state index contributed by atoms with van der Waals surface area (Å²) in [5, 5.41) is 0. The van der Waals surface area contributed by atoms with Gasteiger partial charge in [0, 0.05) is 24.8 Å². The predicted molar refractivity (Wildman–Crippen MR) is 91.9 cm³/mol. The maximum atomic E-state index is 12.8. The van der Waals surface area contributed by atoms with Gasteiger partial charge >= 0.3 is 0 Å². The summed E-state index contributed by atoms with van der Waals surface area (Å²) in [6, 6.07) is 5.36. The van der Waals surface area contributed by atoms with Gasteiger partial charge in [-0.3, -0.25) is 14.4 Å². The fourth-order valence-electron chi connectivity index (χ4n) is 3.61. The number of anilines is 1. The smallest absolute Gasteiger partial charge is 0.243 e. The fraction of sp³-hybridized carbons (Fsp3) is 0.500. The molecule has 0 N–H and O–H groups in total. The molecule has 8 heteroatoms. The minimum atomic E-state index is -0.729. The number of carbonyl (C=O) groups is 3. The molecule has 0 bridgehead atoms. The molecule has 2 saturated heterocycles. The lowest BCUT2D eigenvalue weighted by Crippen LogP contribution is -2.39. The molecule has 1 aromatic rings. The number of benzene rings is 1. The number of ether oxygens (including phenoxy) is 2. The van der Waals surface area contributed by atoms with Crippen LogP contribution in [-0.2, 0) is 14.4 Å². The number of rotatable bonds is 3. The van der Waals surface area contributed by atoms with Crippen molar-refractivity contribution in [3.8, 4) is 11.5 Å². The third kappa shape index (κ3) is 2.75. The lowest BCUT2D eigenvalue weighted by Gasteiger charge is -2.23. The molecule has 0 radical (unpaired) electrons. The second-order valence-corrected chi connectivity index (χ2v) is 6.59. The van der Waals surface area contributed by atoms with E-state index in [1.54, 1.807) is 28.0 Å². The minimum absolute atomic E-state index is 0.0560. The SMILES string of the molecule is CCN1CN(C(=O)C2CCN(c3ccc4c(c3)OCCO4)C2=O)CC1=O. The first-order valence-corrected chi connectivity index (χ1v) is 8.86. The quantitative estimate of drug-likeness (QED) is 0.733. The first-order valence-electron chi connectivity index (χ1n) is 8.86. The molecule has 0 saturated carbocycles. The molecule has 0 spiro atoms. The third-order valence-electron chi connectivity index (χ3n) is 5.05. The molecule has 26 heavy (non-hydrogen) atoms. The number of fused-ring (bicyclic) bond motifs is 1. The number of amides is 3. The van der Waals surface area contributed by atoms with Crippen LogP contribution in [0.5, 0.6) is 11.5 Å². The Morgan fingerprint density at radius 1 is 1.19 bits per heavy atom. The van der Waals surface area contributed by atoms with Crippen molar-refractivity contribution in [1.29, 1.82) is 0 Å². The van der Waals surface area contributed by atoms with Crippen molar-refractivity contribution in [3.63, 3.8) is 0 Å². The molecule has 3 aliphatic heterocycles. The van der Waals surface area contributed by atoms with E-state index in [1.807, 2.05) is 6.92 Å². The van der Waals surface area contributed by atoms with Crippen molar-refractivity contribution in [2.24, 2.45) is 5.92 Å². The maximum absolute atomic E-state index is 12.8. The molecule has 2 fully saturated rings. The molecule has 1 atom stereocenters. The van der Waals surface area contributed by atoms with Gasteiger partial charge in [-0.15, -0.1) is 0 Å². The van der Waals surface area contributed by atoms with E-state index in [0.29, 0.717) is 49.9 Å². The normalized spacial score (nSPS) is 22.3. The van der Waals surface area contributed by atoms with Crippen molar-refractivity contribution in [1.82, 2.24) is 9.80 Å². The molecule has 8 nitrogen and oxygen atoms in total. The molecule has 4 rings (SSSR count). The maximum Gasteiger partial charge on any atom is 0.243 e. The zero-order valence-corrected chi connectivity index (χ0v) is 14.6. The second-order valence-electron chi connectivity index (χ2n) is 6.59. The molecular formula is C18H21N3O5. The van der Waals surface area contributed by atoms with Gasteiger partial charge in [0.2, 0.25) is 17.7 Å². The number of carbonyl (C=O) groups excluding carboxylic acids is 3. The molecule has 3 amide bonds. The molecule has 3 heterocycles. The average Bonchev–Trinajstić information content (AvgIpc) is 3.23. The van der Waals surface area contributed by atoms with E-state index in [2.05, 4.69) is 0 Å². The van der Waals surface area contributed by atoms with Crippen LogP contribution >= 0.6 is 0 Å². The van der Waals surface area contributed by atoms with Gasteiger partial charge in [0.15, 0.2) is 11.5 Å². The van der Waals surface area contributed by atoms with Crippen molar-refractivity contribution in [2.75, 3.05) is 44.4 Å². The number of likely N-dealkylation sites (N-methyl/N-ethyl adjacent to an activating group) is 1. The second kappa shape index (κ2) is 6.51. The standard InChI is InChI=1S/C18H21N3O5/c1-2-19-11-20(10-16(19)22)17(23)13-5-6-21(18(13)24)12-3-4-14-15(9-12)26-8-7-25-14/h3-4,9,13H,2,5-8,10-11H2,1H3. The number of hydrogen-bond acceptors (Lipinski definition) is 5. The number of nitrogens with zero attached hydrogens (tertiary/aromatic N) is 3. The van der Waals surface area contributed by atoms with Gasteiger partial charge in [-0.1, -0.05) is 0 Å². The van der Waals surface area contributed by atoms with Crippen LogP contribution in [0.4, 0.5) is 5.69 Å². The van der Waals surface area contributed by atoms with Gasteiger partial charge in [0.25, 0.3) is 0 Å². The van der Waals surface area contributed by atoms with Gasteiger partial charge < -0.3 is 24.2 Å². The zero-order valence-electron chi connectivity index (χ0n) is 14.6. The average molecular weight is 359 g/mol. The van der Waals surface area contributed by atoms with Crippen LogP contribution in [0.1, 0.15) is 13.3 Å². The first-order chi connectivity index (χ1) is 12.6. The van der Waals surface area contributed by atoms with Crippen molar-refractivity contribution < 1.29 is 23.9 Å². The predicted octanol–water partition coefficient (Wildman–Crippen LogP) is 0.459. The molecule has 1 aromatic carbocycles. The van der Waals surface area contributed by atoms with E-state index >= 15 is 0 Å². The van der Waals surface area contributed by atoms with Crippen LogP contribution in [-0.4, -0.2) is 67.0 Å². The van der Waals surface area contributed by atoms with E-state index in [-0.39, 0.29) is 30.9 Å². The highest BCUT2D eigenvalue weighted by molar-refractivity contribution is 6.10. The molecule has 138 valence electrons. The van der Waals surface area contributed by atoms with Crippen molar-refractivity contribution in [3.05, 3.63) is 18.2 Å². The lowest BCUT2D eigenvalue weighted by molar-refractivity contribution is -0.139. The first kappa shape index (κ1) is 16.7. The largest absolute Gasteiger partial charge is 0.486 e. The summed E-state index contributed by atoms with van der Waals surface area (Å²) in [5.74, 6) is -0.0224. The summed E-state index contributed by atoms with van der Waals surface area (Å²) in [6.45, 7) is 4.20. The van der Waals surface area contributed by atoms with Crippen LogP contribution in [0, 0.1) is 5.92 Å². The minimum Gasteiger partial charge on any atom is -0.486 e. The van der Waals surface area contributed by atoms with E-state index < -0.39 is 5.92 Å². The van der Waals surface area contributed by atoms with Gasteiger partial charge in [0.1, 0.15) is 25.7 Å². The Morgan fingerprint density at radius 3 is 2.69 bits per heavy atom. The Balaban J connectivity index is 1.48. The summed E-state index contributed by atoms with van der Waals surface area (Å²) in [5.41, 5.74) is 0.697. The lowest BCUT2D eigenvalue weighted by atomic mass is 10.1. The Labute approximate surface area is 151 Å². The van der Waals surface area contributed by atoms with Crippen LogP contribution in [0.25, 0.3) is 0 Å². The van der Waals surface area contributed by atoms with Gasteiger partial charge in [-0.25, -0.2) is 0 Å². The Bertz CT molecular complexity index is 765. The van der Waals surface area contributed by atoms with Crippen LogP contribution in [0.15, 0.2) is 18.2 Å². The number of hydrogen-bond donors (Lipinski definition) is 0. The Hall–Kier alpha value is -2.77. The summed E-state index contributed by atoms with van der Waals surface area (Å²) >= 11 is 0. The molecular weight excluding hydrogens is 338 g/mol. The molecule has 0 aliphatic carbocycles. The van der Waals surface area contributed by atoms with Crippen LogP contribution < -0.4 is 14.4 Å². The highest BCUT2D eigenvalue weighted by Crippen LogP contribution is 2.36. The van der Waals surface area contributed by atoms with Crippen LogP contribution in [0.2, 0.25) is 0 Å². The molecule has 1 unspecified atom stereocenters. The van der Waals surface area contributed by atoms with Crippen molar-refractivity contribution >= 4 is 23.4 Å². The summed E-state index contributed by atoms with van der Waals surface area (Å²) in [4.78, 5) is 42.1. The van der Waals surface area contributed by atoms with E-state index in [0.717, 1.165) is 0 Å². The highest BCUT2D eigenvalue weighted by Gasteiger charge is 2.42. The monoisotopic (exact) mass is 359 g/mol.